The molecule has 1 aliphatic heterocycles. The molecule has 1 fully saturated rings. The highest BCUT2D eigenvalue weighted by Gasteiger charge is 2.16. The summed E-state index contributed by atoms with van der Waals surface area (Å²) in [5, 5.41) is 2.79. The molecule has 1 amide bonds. The third-order valence-electron chi connectivity index (χ3n) is 3.85. The summed E-state index contributed by atoms with van der Waals surface area (Å²) in [7, 11) is 3.10. The summed E-state index contributed by atoms with van der Waals surface area (Å²) in [5.41, 5.74) is 0.881. The Morgan fingerprint density at radius 1 is 1.16 bits per heavy atom. The Bertz CT molecular complexity index is 730. The normalized spacial score (nSPS) is 14.1. The Morgan fingerprint density at radius 3 is 2.52 bits per heavy atom. The molecule has 1 N–H and O–H groups in total. The van der Waals surface area contributed by atoms with Crippen molar-refractivity contribution in [2.45, 2.75) is 0 Å². The summed E-state index contributed by atoms with van der Waals surface area (Å²) in [6, 6.07) is 5.18. The number of aromatic nitrogens is 2. The van der Waals surface area contributed by atoms with Crippen LogP contribution in [0.15, 0.2) is 30.6 Å². The second-order valence-corrected chi connectivity index (χ2v) is 5.39. The van der Waals surface area contributed by atoms with E-state index in [2.05, 4.69) is 15.3 Å². The number of carbonyl (C=O) groups is 1. The minimum absolute atomic E-state index is 0.319. The summed E-state index contributed by atoms with van der Waals surface area (Å²) >= 11 is 0. The van der Waals surface area contributed by atoms with Crippen LogP contribution in [0.3, 0.4) is 0 Å². The van der Waals surface area contributed by atoms with Gasteiger partial charge >= 0.3 is 0 Å². The molecule has 8 nitrogen and oxygen atoms in total. The first kappa shape index (κ1) is 17.0. The molecule has 0 atom stereocenters. The standard InChI is InChI=1S/C17H20N4O4/c1-23-13-3-4-15(24-2)14(9-13)20-16(22)12-10-18-17(19-11-12)21-5-7-25-8-6-21/h3-4,9-11H,5-8H2,1-2H3,(H,20,22). The Hall–Kier alpha value is -2.87. The molecule has 1 aromatic carbocycles. The molecule has 0 aliphatic carbocycles. The maximum absolute atomic E-state index is 12.4. The van der Waals surface area contributed by atoms with Crippen LogP contribution in [-0.2, 0) is 4.74 Å². The largest absolute Gasteiger partial charge is 0.497 e. The molecule has 2 aromatic rings. The molecular weight excluding hydrogens is 324 g/mol. The molecule has 2 heterocycles. The van der Waals surface area contributed by atoms with E-state index in [9.17, 15) is 4.79 Å². The number of amides is 1. The fraction of sp³-hybridized carbons (Fsp3) is 0.353. The second kappa shape index (κ2) is 7.80. The maximum atomic E-state index is 12.4. The molecule has 132 valence electrons. The van der Waals surface area contributed by atoms with Crippen LogP contribution in [0.5, 0.6) is 11.5 Å². The SMILES string of the molecule is COc1ccc(OC)c(NC(=O)c2cnc(N3CCOCC3)nc2)c1. The number of methoxy groups -OCH3 is 2. The van der Waals surface area contributed by atoms with E-state index < -0.39 is 0 Å². The summed E-state index contributed by atoms with van der Waals surface area (Å²) in [4.78, 5) is 23.0. The third kappa shape index (κ3) is 3.97. The monoisotopic (exact) mass is 344 g/mol. The topological polar surface area (TPSA) is 85.8 Å². The van der Waals surface area contributed by atoms with Gasteiger partial charge in [-0.15, -0.1) is 0 Å². The fourth-order valence-electron chi connectivity index (χ4n) is 2.47. The summed E-state index contributed by atoms with van der Waals surface area (Å²) in [6.45, 7) is 2.79. The van der Waals surface area contributed by atoms with Crippen molar-refractivity contribution in [1.82, 2.24) is 9.97 Å². The number of benzene rings is 1. The molecule has 1 saturated heterocycles. The minimum atomic E-state index is -0.319. The lowest BCUT2D eigenvalue weighted by Crippen LogP contribution is -2.37. The van der Waals surface area contributed by atoms with Gasteiger partial charge in [0.25, 0.3) is 5.91 Å². The maximum Gasteiger partial charge on any atom is 0.258 e. The van der Waals surface area contributed by atoms with Crippen molar-refractivity contribution in [1.29, 1.82) is 0 Å². The van der Waals surface area contributed by atoms with Crippen molar-refractivity contribution >= 4 is 17.5 Å². The van der Waals surface area contributed by atoms with Crippen LogP contribution in [0.1, 0.15) is 10.4 Å². The number of nitrogens with one attached hydrogen (secondary N) is 1. The molecule has 8 heteroatoms. The smallest absolute Gasteiger partial charge is 0.258 e. The zero-order valence-corrected chi connectivity index (χ0v) is 14.2. The van der Waals surface area contributed by atoms with E-state index in [0.717, 1.165) is 13.1 Å². The van der Waals surface area contributed by atoms with Crippen molar-refractivity contribution in [3.8, 4) is 11.5 Å². The third-order valence-corrected chi connectivity index (χ3v) is 3.85. The highest BCUT2D eigenvalue weighted by atomic mass is 16.5. The fourth-order valence-corrected chi connectivity index (χ4v) is 2.47. The first-order valence-corrected chi connectivity index (χ1v) is 7.89. The Labute approximate surface area is 145 Å². The quantitative estimate of drug-likeness (QED) is 0.881. The Balaban J connectivity index is 1.73. The molecule has 0 radical (unpaired) electrons. The number of nitrogens with zero attached hydrogens (tertiary/aromatic N) is 3. The van der Waals surface area contributed by atoms with Gasteiger partial charge in [0, 0.05) is 31.5 Å². The van der Waals surface area contributed by atoms with E-state index in [1.165, 1.54) is 19.5 Å². The molecule has 0 bridgehead atoms. The molecule has 1 aliphatic rings. The first-order valence-electron chi connectivity index (χ1n) is 7.89. The van der Waals surface area contributed by atoms with Gasteiger partial charge in [-0.25, -0.2) is 9.97 Å². The lowest BCUT2D eigenvalue weighted by Gasteiger charge is -2.26. The van der Waals surface area contributed by atoms with Crippen LogP contribution in [0, 0.1) is 0 Å². The van der Waals surface area contributed by atoms with Gasteiger partial charge < -0.3 is 24.4 Å². The lowest BCUT2D eigenvalue weighted by atomic mass is 10.2. The average molecular weight is 344 g/mol. The molecule has 3 rings (SSSR count). The van der Waals surface area contributed by atoms with Gasteiger partial charge in [0.1, 0.15) is 11.5 Å². The van der Waals surface area contributed by atoms with Crippen molar-refractivity contribution < 1.29 is 19.0 Å². The number of morpholine rings is 1. The summed E-state index contributed by atoms with van der Waals surface area (Å²) in [6.07, 6.45) is 3.03. The van der Waals surface area contributed by atoms with E-state index >= 15 is 0 Å². The van der Waals surface area contributed by atoms with Crippen LogP contribution < -0.4 is 19.7 Å². The van der Waals surface area contributed by atoms with Crippen molar-refractivity contribution in [3.63, 3.8) is 0 Å². The van der Waals surface area contributed by atoms with E-state index in [0.29, 0.717) is 41.9 Å². The Morgan fingerprint density at radius 2 is 1.88 bits per heavy atom. The number of rotatable bonds is 5. The van der Waals surface area contributed by atoms with Gasteiger partial charge in [-0.1, -0.05) is 0 Å². The number of carbonyl (C=O) groups excluding carboxylic acids is 1. The van der Waals surface area contributed by atoms with Crippen molar-refractivity contribution in [2.24, 2.45) is 0 Å². The predicted molar refractivity (Wildman–Crippen MR) is 92.6 cm³/mol. The summed E-state index contributed by atoms with van der Waals surface area (Å²) in [5.74, 6) is 1.44. The molecule has 1 aromatic heterocycles. The molecule has 25 heavy (non-hydrogen) atoms. The van der Waals surface area contributed by atoms with Gasteiger partial charge in [-0.3, -0.25) is 4.79 Å². The van der Waals surface area contributed by atoms with Gasteiger partial charge in [0.05, 0.1) is 38.7 Å². The van der Waals surface area contributed by atoms with E-state index in [1.807, 2.05) is 4.90 Å². The molecule has 0 unspecified atom stereocenters. The second-order valence-electron chi connectivity index (χ2n) is 5.39. The average Bonchev–Trinajstić information content (AvgIpc) is 2.68. The van der Waals surface area contributed by atoms with Crippen LogP contribution in [-0.4, -0.2) is 56.4 Å². The van der Waals surface area contributed by atoms with Crippen LogP contribution in [0.25, 0.3) is 0 Å². The lowest BCUT2D eigenvalue weighted by molar-refractivity contribution is 0.102. The van der Waals surface area contributed by atoms with Gasteiger partial charge in [0.15, 0.2) is 0 Å². The van der Waals surface area contributed by atoms with Gasteiger partial charge in [-0.05, 0) is 12.1 Å². The van der Waals surface area contributed by atoms with E-state index in [-0.39, 0.29) is 5.91 Å². The zero-order chi connectivity index (χ0) is 17.6. The Kier molecular flexibility index (Phi) is 5.30. The highest BCUT2D eigenvalue weighted by molar-refractivity contribution is 6.04. The van der Waals surface area contributed by atoms with Crippen molar-refractivity contribution in [3.05, 3.63) is 36.2 Å². The van der Waals surface area contributed by atoms with Crippen LogP contribution >= 0.6 is 0 Å². The van der Waals surface area contributed by atoms with Gasteiger partial charge in [0.2, 0.25) is 5.95 Å². The number of hydrogen-bond acceptors (Lipinski definition) is 7. The van der Waals surface area contributed by atoms with E-state index in [1.54, 1.807) is 25.3 Å². The zero-order valence-electron chi connectivity index (χ0n) is 14.2. The summed E-state index contributed by atoms with van der Waals surface area (Å²) < 4.78 is 15.7. The number of anilines is 2. The molecule has 0 saturated carbocycles. The molecule has 0 spiro atoms. The number of ether oxygens (including phenoxy) is 3. The van der Waals surface area contributed by atoms with Gasteiger partial charge in [-0.2, -0.15) is 0 Å². The highest BCUT2D eigenvalue weighted by Crippen LogP contribution is 2.29. The number of hydrogen-bond donors (Lipinski definition) is 1. The van der Waals surface area contributed by atoms with Crippen LogP contribution in [0.4, 0.5) is 11.6 Å². The molecular formula is C17H20N4O4. The minimum Gasteiger partial charge on any atom is -0.497 e. The van der Waals surface area contributed by atoms with Crippen molar-refractivity contribution in [2.75, 3.05) is 50.7 Å². The van der Waals surface area contributed by atoms with E-state index in [4.69, 9.17) is 14.2 Å². The van der Waals surface area contributed by atoms with Crippen LogP contribution in [0.2, 0.25) is 0 Å². The first-order chi connectivity index (χ1) is 12.2. The predicted octanol–water partition coefficient (Wildman–Crippen LogP) is 1.58.